The van der Waals surface area contributed by atoms with E-state index < -0.39 is 36.4 Å². The van der Waals surface area contributed by atoms with E-state index in [4.69, 9.17) is 0 Å². The molecule has 0 radical (unpaired) electrons. The first-order valence-electron chi connectivity index (χ1n) is 8.57. The first kappa shape index (κ1) is 23.1. The number of hydrogen-bond acceptors (Lipinski definition) is 4. The molecule has 0 aromatic heterocycles. The van der Waals surface area contributed by atoms with E-state index in [9.17, 15) is 31.5 Å². The predicted molar refractivity (Wildman–Crippen MR) is 97.5 cm³/mol. The number of alkyl halides is 3. The summed E-state index contributed by atoms with van der Waals surface area (Å²) >= 11 is 0. The number of carbonyl (C=O) groups is 2. The number of hydrogen-bond donors (Lipinski definition) is 2. The van der Waals surface area contributed by atoms with Crippen LogP contribution in [0.2, 0.25) is 0 Å². The lowest BCUT2D eigenvalue weighted by atomic mass is 10.2. The third-order valence-corrected chi connectivity index (χ3v) is 3.70. The summed E-state index contributed by atoms with van der Waals surface area (Å²) in [4.78, 5) is 25.2. The monoisotopic (exact) mass is 431 g/mol. The molecule has 0 saturated heterocycles. The molecular formula is C19H18F5N3O3. The number of likely N-dealkylation sites (N-methyl/N-ethyl adjacent to an activating group) is 1. The van der Waals surface area contributed by atoms with E-state index in [-0.39, 0.29) is 30.1 Å². The lowest BCUT2D eigenvalue weighted by Gasteiger charge is -2.19. The normalized spacial score (nSPS) is 11.3. The summed E-state index contributed by atoms with van der Waals surface area (Å²) in [6.45, 7) is -0.654. The maximum absolute atomic E-state index is 13.1. The number of para-hydroxylation sites is 1. The van der Waals surface area contributed by atoms with Gasteiger partial charge in [0.15, 0.2) is 11.6 Å². The average molecular weight is 431 g/mol. The summed E-state index contributed by atoms with van der Waals surface area (Å²) in [7, 11) is 1.51. The minimum atomic E-state index is -4.84. The number of carbonyl (C=O) groups excluding carboxylic acids is 2. The number of ether oxygens (including phenoxy) is 1. The topological polar surface area (TPSA) is 70.7 Å². The Hall–Kier alpha value is -3.21. The van der Waals surface area contributed by atoms with Crippen molar-refractivity contribution in [2.45, 2.75) is 12.9 Å². The Morgan fingerprint density at radius 3 is 2.40 bits per heavy atom. The third kappa shape index (κ3) is 7.66. The smallest absolute Gasteiger partial charge is 0.405 e. The van der Waals surface area contributed by atoms with Crippen LogP contribution in [0.15, 0.2) is 42.5 Å². The molecule has 0 fully saturated rings. The van der Waals surface area contributed by atoms with Crippen molar-refractivity contribution in [3.8, 4) is 5.75 Å². The van der Waals surface area contributed by atoms with E-state index in [2.05, 4.69) is 15.4 Å². The first-order valence-corrected chi connectivity index (χ1v) is 8.57. The number of benzene rings is 2. The van der Waals surface area contributed by atoms with Crippen LogP contribution in [0.1, 0.15) is 5.56 Å². The Bertz CT molecular complexity index is 905. The van der Waals surface area contributed by atoms with Crippen LogP contribution in [0.5, 0.6) is 5.75 Å². The molecule has 2 aromatic carbocycles. The van der Waals surface area contributed by atoms with E-state index in [1.54, 1.807) is 0 Å². The molecule has 162 valence electrons. The van der Waals surface area contributed by atoms with Gasteiger partial charge in [-0.2, -0.15) is 0 Å². The quantitative estimate of drug-likeness (QED) is 0.631. The van der Waals surface area contributed by atoms with Gasteiger partial charge >= 0.3 is 6.36 Å². The highest BCUT2D eigenvalue weighted by molar-refractivity contribution is 5.94. The lowest BCUT2D eigenvalue weighted by Crippen LogP contribution is -2.39. The van der Waals surface area contributed by atoms with E-state index in [0.717, 1.165) is 18.2 Å². The molecule has 0 unspecified atom stereocenters. The van der Waals surface area contributed by atoms with Gasteiger partial charge in [-0.25, -0.2) is 8.78 Å². The highest BCUT2D eigenvalue weighted by atomic mass is 19.4. The average Bonchev–Trinajstić information content (AvgIpc) is 2.63. The van der Waals surface area contributed by atoms with Crippen LogP contribution >= 0.6 is 0 Å². The number of nitrogens with zero attached hydrogens (tertiary/aromatic N) is 1. The van der Waals surface area contributed by atoms with Gasteiger partial charge in [-0.15, -0.1) is 13.2 Å². The zero-order chi connectivity index (χ0) is 22.3. The Morgan fingerprint density at radius 1 is 1.03 bits per heavy atom. The Kier molecular flexibility index (Phi) is 7.70. The number of anilines is 1. The molecule has 0 saturated carbocycles. The molecule has 0 bridgehead atoms. The molecule has 2 rings (SSSR count). The van der Waals surface area contributed by atoms with E-state index in [1.165, 1.54) is 36.2 Å². The van der Waals surface area contributed by atoms with Crippen molar-refractivity contribution in [3.05, 3.63) is 59.7 Å². The largest absolute Gasteiger partial charge is 0.573 e. The van der Waals surface area contributed by atoms with Gasteiger partial charge in [-0.3, -0.25) is 14.5 Å². The van der Waals surface area contributed by atoms with Crippen LogP contribution in [0.25, 0.3) is 0 Å². The van der Waals surface area contributed by atoms with Gasteiger partial charge in [0.2, 0.25) is 11.8 Å². The van der Waals surface area contributed by atoms with Crippen molar-refractivity contribution >= 4 is 17.5 Å². The van der Waals surface area contributed by atoms with Crippen LogP contribution in [0.3, 0.4) is 0 Å². The maximum atomic E-state index is 13.1. The van der Waals surface area contributed by atoms with Crippen LogP contribution in [0, 0.1) is 11.6 Å². The molecule has 0 aliphatic carbocycles. The van der Waals surface area contributed by atoms with Gasteiger partial charge in [0.25, 0.3) is 0 Å². The number of amides is 2. The van der Waals surface area contributed by atoms with Gasteiger partial charge in [0.1, 0.15) is 5.75 Å². The Balaban J connectivity index is 1.82. The zero-order valence-electron chi connectivity index (χ0n) is 15.7. The van der Waals surface area contributed by atoms with Crippen LogP contribution in [-0.4, -0.2) is 43.2 Å². The second-order valence-electron chi connectivity index (χ2n) is 6.28. The molecule has 0 aliphatic heterocycles. The summed E-state index contributed by atoms with van der Waals surface area (Å²) in [6.07, 6.45) is -4.84. The van der Waals surface area contributed by atoms with Crippen molar-refractivity contribution < 1.29 is 36.3 Å². The minimum Gasteiger partial charge on any atom is -0.405 e. The molecule has 2 amide bonds. The molecule has 2 aromatic rings. The fourth-order valence-corrected chi connectivity index (χ4v) is 2.46. The molecule has 6 nitrogen and oxygen atoms in total. The number of halogens is 5. The third-order valence-electron chi connectivity index (χ3n) is 3.70. The molecule has 11 heteroatoms. The first-order chi connectivity index (χ1) is 14.0. The standard InChI is InChI=1S/C19H18F5N3O3/c1-27(10-12-4-2-3-5-16(12)30-19(22,23)24)11-18(29)25-9-17(28)26-13-6-7-14(20)15(21)8-13/h2-8H,9-11H2,1H3,(H,25,29)(H,26,28). The molecule has 0 atom stereocenters. The van der Waals surface area contributed by atoms with Crippen molar-refractivity contribution in [1.29, 1.82) is 0 Å². The maximum Gasteiger partial charge on any atom is 0.573 e. The van der Waals surface area contributed by atoms with Crippen molar-refractivity contribution in [3.63, 3.8) is 0 Å². The fourth-order valence-electron chi connectivity index (χ4n) is 2.46. The van der Waals surface area contributed by atoms with Crippen molar-refractivity contribution in [2.24, 2.45) is 0 Å². The van der Waals surface area contributed by atoms with Crippen LogP contribution in [-0.2, 0) is 16.1 Å². The van der Waals surface area contributed by atoms with Gasteiger partial charge < -0.3 is 15.4 Å². The van der Waals surface area contributed by atoms with Crippen molar-refractivity contribution in [1.82, 2.24) is 10.2 Å². The predicted octanol–water partition coefficient (Wildman–Crippen LogP) is 3.05. The minimum absolute atomic E-state index is 0.0132. The molecule has 0 heterocycles. The summed E-state index contributed by atoms with van der Waals surface area (Å²) in [6, 6.07) is 8.33. The second-order valence-corrected chi connectivity index (χ2v) is 6.28. The molecular weight excluding hydrogens is 413 g/mol. The number of nitrogens with one attached hydrogen (secondary N) is 2. The lowest BCUT2D eigenvalue weighted by molar-refractivity contribution is -0.275. The summed E-state index contributed by atoms with van der Waals surface area (Å²) < 4.78 is 67.3. The van der Waals surface area contributed by atoms with Gasteiger partial charge in [0, 0.05) is 23.9 Å². The van der Waals surface area contributed by atoms with Gasteiger partial charge in [0.05, 0.1) is 13.1 Å². The Labute approximate surface area is 168 Å². The molecule has 2 N–H and O–H groups in total. The van der Waals surface area contributed by atoms with E-state index in [0.29, 0.717) is 0 Å². The summed E-state index contributed by atoms with van der Waals surface area (Å²) in [5.41, 5.74) is 0.243. The Morgan fingerprint density at radius 2 is 1.73 bits per heavy atom. The highest BCUT2D eigenvalue weighted by Gasteiger charge is 2.32. The second kappa shape index (κ2) is 10.0. The molecule has 0 aliphatic rings. The van der Waals surface area contributed by atoms with Gasteiger partial charge in [-0.05, 0) is 25.2 Å². The molecule has 0 spiro atoms. The van der Waals surface area contributed by atoms with Crippen molar-refractivity contribution in [2.75, 3.05) is 25.5 Å². The van der Waals surface area contributed by atoms with E-state index >= 15 is 0 Å². The summed E-state index contributed by atoms with van der Waals surface area (Å²) in [5, 5.41) is 4.62. The fraction of sp³-hybridized carbons (Fsp3) is 0.263. The van der Waals surface area contributed by atoms with Crippen LogP contribution < -0.4 is 15.4 Å². The number of rotatable bonds is 8. The molecule has 30 heavy (non-hydrogen) atoms. The van der Waals surface area contributed by atoms with E-state index in [1.807, 2.05) is 0 Å². The zero-order valence-corrected chi connectivity index (χ0v) is 15.7. The van der Waals surface area contributed by atoms with Crippen LogP contribution in [0.4, 0.5) is 27.6 Å². The SMILES string of the molecule is CN(CC(=O)NCC(=O)Nc1ccc(F)c(F)c1)Cc1ccccc1OC(F)(F)F. The summed E-state index contributed by atoms with van der Waals surface area (Å²) in [5.74, 6) is -3.80. The van der Waals surface area contributed by atoms with Gasteiger partial charge in [-0.1, -0.05) is 18.2 Å². The highest BCUT2D eigenvalue weighted by Crippen LogP contribution is 2.26.